The zero-order valence-corrected chi connectivity index (χ0v) is 28.1. The van der Waals surface area contributed by atoms with Crippen molar-refractivity contribution in [3.63, 3.8) is 0 Å². The highest BCUT2D eigenvalue weighted by atomic mass is 15.0. The van der Waals surface area contributed by atoms with Crippen LogP contribution < -0.4 is 0 Å². The molecule has 0 aliphatic rings. The molecule has 0 spiro atoms. The number of hydrogen-bond donors (Lipinski definition) is 0. The molecule has 0 saturated heterocycles. The Morgan fingerprint density at radius 1 is 0.288 bits per heavy atom. The van der Waals surface area contributed by atoms with E-state index in [1.165, 1.54) is 43.4 Å². The minimum absolute atomic E-state index is 0.634. The lowest BCUT2D eigenvalue weighted by molar-refractivity contribution is 1.07. The number of rotatable bonds is 5. The van der Waals surface area contributed by atoms with Crippen LogP contribution in [0.3, 0.4) is 0 Å². The maximum absolute atomic E-state index is 5.04. The van der Waals surface area contributed by atoms with Gasteiger partial charge in [-0.1, -0.05) is 152 Å². The molecule has 0 amide bonds. The number of aromatic nitrogens is 4. The number of hydrogen-bond acceptors (Lipinski definition) is 4. The number of benzene rings is 8. The average molecular weight is 663 g/mol. The molecular formula is C48H30N4. The third-order valence-corrected chi connectivity index (χ3v) is 9.97. The summed E-state index contributed by atoms with van der Waals surface area (Å²) in [6.07, 6.45) is 1.85. The molecule has 0 unspecified atom stereocenters. The van der Waals surface area contributed by atoms with Crippen LogP contribution in [0, 0.1) is 0 Å². The molecular weight excluding hydrogens is 633 g/mol. The Morgan fingerprint density at radius 2 is 0.827 bits per heavy atom. The largest absolute Gasteiger partial charge is 0.256 e. The summed E-state index contributed by atoms with van der Waals surface area (Å²) in [7, 11) is 0. The van der Waals surface area contributed by atoms with Crippen molar-refractivity contribution in [2.45, 2.75) is 0 Å². The van der Waals surface area contributed by atoms with Crippen molar-refractivity contribution >= 4 is 43.2 Å². The van der Waals surface area contributed by atoms with Gasteiger partial charge in [-0.05, 0) is 78.8 Å². The second-order valence-corrected chi connectivity index (χ2v) is 13.1. The molecule has 0 saturated carbocycles. The number of nitrogens with zero attached hydrogens (tertiary/aromatic N) is 4. The van der Waals surface area contributed by atoms with Crippen LogP contribution >= 0.6 is 0 Å². The van der Waals surface area contributed by atoms with Gasteiger partial charge in [0.15, 0.2) is 17.5 Å². The molecule has 0 atom stereocenters. The van der Waals surface area contributed by atoms with Crippen LogP contribution in [0.4, 0.5) is 0 Å². The lowest BCUT2D eigenvalue weighted by atomic mass is 9.91. The minimum Gasteiger partial charge on any atom is -0.256 e. The molecule has 0 fully saturated rings. The van der Waals surface area contributed by atoms with Crippen molar-refractivity contribution in [2.24, 2.45) is 0 Å². The van der Waals surface area contributed by atoms with Crippen LogP contribution in [0.5, 0.6) is 0 Å². The second kappa shape index (κ2) is 12.4. The molecule has 0 aliphatic heterocycles. The molecule has 0 N–H and O–H groups in total. The average Bonchev–Trinajstić information content (AvgIpc) is 3.23. The van der Waals surface area contributed by atoms with Gasteiger partial charge in [0.25, 0.3) is 0 Å². The van der Waals surface area contributed by atoms with Gasteiger partial charge >= 0.3 is 0 Å². The Labute approximate surface area is 300 Å². The fraction of sp³-hybridized carbons (Fsp3) is 0. The molecule has 0 bridgehead atoms. The number of pyridine rings is 1. The zero-order valence-electron chi connectivity index (χ0n) is 28.1. The van der Waals surface area contributed by atoms with Crippen molar-refractivity contribution < 1.29 is 0 Å². The molecule has 10 aromatic rings. The maximum atomic E-state index is 5.04. The highest BCUT2D eigenvalue weighted by Crippen LogP contribution is 2.38. The van der Waals surface area contributed by atoms with Crippen molar-refractivity contribution in [2.75, 3.05) is 0 Å². The summed E-state index contributed by atoms with van der Waals surface area (Å²) in [6.45, 7) is 0. The van der Waals surface area contributed by atoms with E-state index in [9.17, 15) is 0 Å². The Kier molecular flexibility index (Phi) is 7.10. The summed E-state index contributed by atoms with van der Waals surface area (Å²) < 4.78 is 0. The minimum atomic E-state index is 0.634. The summed E-state index contributed by atoms with van der Waals surface area (Å²) in [6, 6.07) is 61.7. The lowest BCUT2D eigenvalue weighted by Gasteiger charge is -2.13. The molecule has 2 aromatic heterocycles. The first-order valence-electron chi connectivity index (χ1n) is 17.5. The Morgan fingerprint density at radius 3 is 1.56 bits per heavy atom. The van der Waals surface area contributed by atoms with Crippen LogP contribution in [-0.4, -0.2) is 19.9 Å². The van der Waals surface area contributed by atoms with Gasteiger partial charge in [-0.15, -0.1) is 0 Å². The van der Waals surface area contributed by atoms with Gasteiger partial charge < -0.3 is 0 Å². The third-order valence-electron chi connectivity index (χ3n) is 9.97. The Bertz CT molecular complexity index is 2940. The van der Waals surface area contributed by atoms with E-state index in [-0.39, 0.29) is 0 Å². The van der Waals surface area contributed by atoms with Crippen LogP contribution in [0.2, 0.25) is 0 Å². The van der Waals surface area contributed by atoms with E-state index >= 15 is 0 Å². The molecule has 242 valence electrons. The van der Waals surface area contributed by atoms with Gasteiger partial charge in [-0.3, -0.25) is 4.98 Å². The summed E-state index contributed by atoms with van der Waals surface area (Å²) in [5, 5.41) is 8.48. The third kappa shape index (κ3) is 5.26. The zero-order chi connectivity index (χ0) is 34.4. The van der Waals surface area contributed by atoms with Crippen LogP contribution in [0.25, 0.3) is 99.6 Å². The van der Waals surface area contributed by atoms with Crippen molar-refractivity contribution in [3.05, 3.63) is 182 Å². The molecule has 2 heterocycles. The quantitative estimate of drug-likeness (QED) is 0.172. The van der Waals surface area contributed by atoms with E-state index in [1.807, 2.05) is 42.6 Å². The summed E-state index contributed by atoms with van der Waals surface area (Å²) in [5.41, 5.74) is 8.44. The lowest BCUT2D eigenvalue weighted by Crippen LogP contribution is -2.00. The Balaban J connectivity index is 1.06. The highest BCUT2D eigenvalue weighted by Gasteiger charge is 2.15. The molecule has 0 radical (unpaired) electrons. The van der Waals surface area contributed by atoms with Crippen LogP contribution in [0.1, 0.15) is 0 Å². The van der Waals surface area contributed by atoms with Crippen molar-refractivity contribution in [1.29, 1.82) is 0 Å². The topological polar surface area (TPSA) is 51.6 Å². The van der Waals surface area contributed by atoms with Crippen LogP contribution in [-0.2, 0) is 0 Å². The Hall–Kier alpha value is -7.04. The van der Waals surface area contributed by atoms with Gasteiger partial charge in [0.1, 0.15) is 0 Å². The van der Waals surface area contributed by atoms with E-state index < -0.39 is 0 Å². The van der Waals surface area contributed by atoms with Gasteiger partial charge in [0.05, 0.1) is 5.52 Å². The van der Waals surface area contributed by atoms with E-state index in [0.717, 1.165) is 38.7 Å². The fourth-order valence-electron chi connectivity index (χ4n) is 7.31. The second-order valence-electron chi connectivity index (χ2n) is 13.1. The summed E-state index contributed by atoms with van der Waals surface area (Å²) in [4.78, 5) is 19.6. The first kappa shape index (κ1) is 29.8. The van der Waals surface area contributed by atoms with Gasteiger partial charge in [0.2, 0.25) is 0 Å². The predicted molar refractivity (Wildman–Crippen MR) is 215 cm³/mol. The van der Waals surface area contributed by atoms with E-state index in [4.69, 9.17) is 15.0 Å². The van der Waals surface area contributed by atoms with Crippen molar-refractivity contribution in [3.8, 4) is 56.4 Å². The molecule has 8 aromatic carbocycles. The van der Waals surface area contributed by atoms with Gasteiger partial charge in [-0.2, -0.15) is 0 Å². The first-order chi connectivity index (χ1) is 25.7. The molecule has 4 nitrogen and oxygen atoms in total. The number of fused-ring (bicyclic) bond motifs is 6. The predicted octanol–water partition coefficient (Wildman–Crippen LogP) is 12.2. The van der Waals surface area contributed by atoms with Crippen molar-refractivity contribution in [1.82, 2.24) is 19.9 Å². The van der Waals surface area contributed by atoms with Gasteiger partial charge in [-0.25, -0.2) is 15.0 Å². The standard InChI is InChI=1S/C48H30N4/c1-2-10-34(11-3-1)46-50-47(35-21-16-32(17-22-35)38-25-18-31-9-4-5-12-37(31)29-38)52-48(51-46)36-23-19-33(20-24-36)43-30-44-41(39-13-6-7-14-40(39)43)26-27-45-42(44)15-8-28-49-45/h1-30H. The molecule has 10 rings (SSSR count). The fourth-order valence-corrected chi connectivity index (χ4v) is 7.31. The summed E-state index contributed by atoms with van der Waals surface area (Å²) in [5.74, 6) is 1.91. The molecule has 52 heavy (non-hydrogen) atoms. The SMILES string of the molecule is c1ccc(-c2nc(-c3ccc(-c4ccc5ccccc5c4)cc3)nc(-c3ccc(-c4cc5c6cccnc6ccc5c5ccccc45)cc3)n2)cc1. The normalized spacial score (nSPS) is 11.5. The maximum Gasteiger partial charge on any atom is 0.164 e. The molecule has 4 heteroatoms. The highest BCUT2D eigenvalue weighted by molar-refractivity contribution is 6.20. The smallest absolute Gasteiger partial charge is 0.164 e. The van der Waals surface area contributed by atoms with Gasteiger partial charge in [0, 0.05) is 28.3 Å². The summed E-state index contributed by atoms with van der Waals surface area (Å²) >= 11 is 0. The monoisotopic (exact) mass is 662 g/mol. The van der Waals surface area contributed by atoms with Crippen LogP contribution in [0.15, 0.2) is 182 Å². The molecule has 0 aliphatic carbocycles. The van der Waals surface area contributed by atoms with E-state index in [0.29, 0.717) is 17.5 Å². The first-order valence-corrected chi connectivity index (χ1v) is 17.5. The van der Waals surface area contributed by atoms with E-state index in [2.05, 4.69) is 145 Å². The van der Waals surface area contributed by atoms with E-state index in [1.54, 1.807) is 0 Å².